The van der Waals surface area contributed by atoms with E-state index in [4.69, 9.17) is 11.1 Å². The second-order valence-corrected chi connectivity index (χ2v) is 10.1. The molecule has 0 aromatic heterocycles. The Kier molecular flexibility index (Phi) is 7.66. The molecule has 0 aliphatic heterocycles. The molecule has 0 saturated carbocycles. The van der Waals surface area contributed by atoms with Gasteiger partial charge in [-0.3, -0.25) is 10.2 Å². The Morgan fingerprint density at radius 3 is 2.36 bits per heavy atom. The van der Waals surface area contributed by atoms with Crippen LogP contribution in [0.5, 0.6) is 0 Å². The predicted octanol–water partition coefficient (Wildman–Crippen LogP) is 4.64. The summed E-state index contributed by atoms with van der Waals surface area (Å²) in [5.74, 6) is -0.289. The van der Waals surface area contributed by atoms with Gasteiger partial charge < -0.3 is 11.1 Å². The summed E-state index contributed by atoms with van der Waals surface area (Å²) in [7, 11) is -3.36. The van der Waals surface area contributed by atoms with Crippen molar-refractivity contribution in [3.8, 4) is 11.1 Å². The summed E-state index contributed by atoms with van der Waals surface area (Å²) >= 11 is 0. The predicted molar refractivity (Wildman–Crippen MR) is 133 cm³/mol. The molecule has 33 heavy (non-hydrogen) atoms. The first-order valence-corrected chi connectivity index (χ1v) is 12.7. The van der Waals surface area contributed by atoms with Gasteiger partial charge in [0.15, 0.2) is 9.84 Å². The van der Waals surface area contributed by atoms with Gasteiger partial charge in [-0.1, -0.05) is 61.9 Å². The maximum absolute atomic E-state index is 13.0. The Labute approximate surface area is 195 Å². The number of nitrogens with one attached hydrogen (secondary N) is 2. The molecule has 1 unspecified atom stereocenters. The number of benzene rings is 3. The molecule has 3 aromatic carbocycles. The summed E-state index contributed by atoms with van der Waals surface area (Å²) < 4.78 is 24.2. The van der Waals surface area contributed by atoms with Crippen LogP contribution in [0.4, 0.5) is 5.69 Å². The Hall–Kier alpha value is -3.45. The van der Waals surface area contributed by atoms with E-state index in [1.165, 1.54) is 6.26 Å². The quantitative estimate of drug-likeness (QED) is 0.317. The highest BCUT2D eigenvalue weighted by Crippen LogP contribution is 2.28. The summed E-state index contributed by atoms with van der Waals surface area (Å²) in [6.45, 7) is 2.04. The maximum Gasteiger partial charge on any atom is 0.227 e. The minimum Gasteiger partial charge on any atom is -0.384 e. The van der Waals surface area contributed by atoms with Crippen LogP contribution < -0.4 is 11.1 Å². The van der Waals surface area contributed by atoms with Crippen LogP contribution in [-0.4, -0.2) is 26.4 Å². The van der Waals surface area contributed by atoms with Gasteiger partial charge in [0.25, 0.3) is 0 Å². The van der Waals surface area contributed by atoms with Gasteiger partial charge in [-0.2, -0.15) is 0 Å². The maximum atomic E-state index is 13.0. The number of nitrogen functional groups attached to an aromatic ring is 1. The number of hydrogen-bond acceptors (Lipinski definition) is 4. The average molecular weight is 464 g/mol. The molecule has 172 valence electrons. The van der Waals surface area contributed by atoms with Crippen LogP contribution >= 0.6 is 0 Å². The van der Waals surface area contributed by atoms with Crippen molar-refractivity contribution in [2.75, 3.05) is 11.6 Å². The van der Waals surface area contributed by atoms with Crippen molar-refractivity contribution in [3.05, 3.63) is 83.9 Å². The molecule has 0 spiro atoms. The van der Waals surface area contributed by atoms with E-state index >= 15 is 0 Å². The first-order valence-electron chi connectivity index (χ1n) is 10.8. The molecular weight excluding hydrogens is 434 g/mol. The van der Waals surface area contributed by atoms with Crippen molar-refractivity contribution in [2.24, 2.45) is 11.7 Å². The molecular formula is C26H29N3O3S. The van der Waals surface area contributed by atoms with Gasteiger partial charge >= 0.3 is 0 Å². The largest absolute Gasteiger partial charge is 0.384 e. The Morgan fingerprint density at radius 2 is 1.73 bits per heavy atom. The van der Waals surface area contributed by atoms with E-state index in [9.17, 15) is 13.2 Å². The highest BCUT2D eigenvalue weighted by Gasteiger charge is 2.19. The molecule has 0 fully saturated rings. The SMILES string of the molecule is CCCC(Cc1cccc(C(=N)N)c1)C(=O)Nc1ccc(-c2ccccc2S(C)(=O)=O)cc1. The lowest BCUT2D eigenvalue weighted by Crippen LogP contribution is -2.24. The molecule has 6 nitrogen and oxygen atoms in total. The zero-order valence-electron chi connectivity index (χ0n) is 18.8. The standard InChI is InChI=1S/C26H29N3O3S/c1-3-7-21(17-18-8-6-9-20(16-18)25(27)28)26(30)29-22-14-12-19(13-15-22)23-10-4-5-11-24(23)33(2,31)32/h4-6,8-16,21H,3,7,17H2,1-2H3,(H3,27,28)(H,29,30). The highest BCUT2D eigenvalue weighted by molar-refractivity contribution is 7.90. The van der Waals surface area contributed by atoms with E-state index in [0.717, 1.165) is 24.0 Å². The molecule has 0 aliphatic rings. The Morgan fingerprint density at radius 1 is 1.03 bits per heavy atom. The fraction of sp³-hybridized carbons (Fsp3) is 0.231. The summed E-state index contributed by atoms with van der Waals surface area (Å²) in [4.78, 5) is 13.3. The summed E-state index contributed by atoms with van der Waals surface area (Å²) in [5, 5.41) is 10.6. The van der Waals surface area contributed by atoms with E-state index in [2.05, 4.69) is 5.32 Å². The monoisotopic (exact) mass is 463 g/mol. The third-order valence-corrected chi connectivity index (χ3v) is 6.63. The number of nitrogens with two attached hydrogens (primary N) is 1. The lowest BCUT2D eigenvalue weighted by atomic mass is 9.93. The van der Waals surface area contributed by atoms with Crippen LogP contribution in [0.2, 0.25) is 0 Å². The average Bonchev–Trinajstić information content (AvgIpc) is 2.79. The lowest BCUT2D eigenvalue weighted by Gasteiger charge is -2.17. The molecule has 4 N–H and O–H groups in total. The Balaban J connectivity index is 1.76. The van der Waals surface area contributed by atoms with Crippen LogP contribution in [0.1, 0.15) is 30.9 Å². The van der Waals surface area contributed by atoms with Gasteiger partial charge in [0.2, 0.25) is 5.91 Å². The second kappa shape index (κ2) is 10.4. The van der Waals surface area contributed by atoms with Crippen LogP contribution in [0.3, 0.4) is 0 Å². The summed E-state index contributed by atoms with van der Waals surface area (Å²) in [6, 6.07) is 21.5. The van der Waals surface area contributed by atoms with Gasteiger partial charge in [0.1, 0.15) is 5.84 Å². The number of amides is 1. The van der Waals surface area contributed by atoms with E-state index in [0.29, 0.717) is 23.2 Å². The molecule has 0 heterocycles. The molecule has 0 saturated heterocycles. The number of anilines is 1. The van der Waals surface area contributed by atoms with Crippen molar-refractivity contribution in [1.82, 2.24) is 0 Å². The topological polar surface area (TPSA) is 113 Å². The third-order valence-electron chi connectivity index (χ3n) is 5.48. The number of hydrogen-bond donors (Lipinski definition) is 3. The molecule has 7 heteroatoms. The number of carbonyl (C=O) groups excluding carboxylic acids is 1. The fourth-order valence-corrected chi connectivity index (χ4v) is 4.74. The second-order valence-electron chi connectivity index (χ2n) is 8.14. The third kappa shape index (κ3) is 6.29. The minimum absolute atomic E-state index is 0.00544. The molecule has 3 aromatic rings. The van der Waals surface area contributed by atoms with Gasteiger partial charge in [-0.05, 0) is 48.2 Å². The van der Waals surface area contributed by atoms with Crippen molar-refractivity contribution in [3.63, 3.8) is 0 Å². The molecule has 0 bridgehead atoms. The Bertz CT molecular complexity index is 1250. The van der Waals surface area contributed by atoms with Crippen molar-refractivity contribution >= 4 is 27.3 Å². The smallest absolute Gasteiger partial charge is 0.227 e. The van der Waals surface area contributed by atoms with E-state index in [1.54, 1.807) is 42.5 Å². The molecule has 3 rings (SSSR count). The zero-order valence-corrected chi connectivity index (χ0v) is 19.7. The lowest BCUT2D eigenvalue weighted by molar-refractivity contribution is -0.120. The highest BCUT2D eigenvalue weighted by atomic mass is 32.2. The molecule has 1 amide bonds. The van der Waals surface area contributed by atoms with Gasteiger partial charge in [-0.25, -0.2) is 8.42 Å². The van der Waals surface area contributed by atoms with Crippen LogP contribution in [0.15, 0.2) is 77.7 Å². The van der Waals surface area contributed by atoms with Gasteiger partial charge in [0.05, 0.1) is 4.90 Å². The number of rotatable bonds is 9. The summed E-state index contributed by atoms with van der Waals surface area (Å²) in [6.07, 6.45) is 3.35. The summed E-state index contributed by atoms with van der Waals surface area (Å²) in [5.41, 5.74) is 9.25. The van der Waals surface area contributed by atoms with Crippen molar-refractivity contribution in [1.29, 1.82) is 5.41 Å². The fourth-order valence-electron chi connectivity index (χ4n) is 3.83. The van der Waals surface area contributed by atoms with Crippen molar-refractivity contribution < 1.29 is 13.2 Å². The van der Waals surface area contributed by atoms with Gasteiger partial charge in [0, 0.05) is 29.0 Å². The molecule has 0 radical (unpaired) electrons. The first-order chi connectivity index (χ1) is 15.7. The van der Waals surface area contributed by atoms with Crippen molar-refractivity contribution in [2.45, 2.75) is 31.1 Å². The zero-order chi connectivity index (χ0) is 24.0. The normalized spacial score (nSPS) is 12.2. The van der Waals surface area contributed by atoms with Crippen LogP contribution in [-0.2, 0) is 21.1 Å². The number of amidine groups is 1. The number of sulfone groups is 1. The van der Waals surface area contributed by atoms with Crippen LogP contribution in [0, 0.1) is 11.3 Å². The molecule has 1 atom stereocenters. The van der Waals surface area contributed by atoms with E-state index in [-0.39, 0.29) is 22.6 Å². The number of carbonyl (C=O) groups is 1. The van der Waals surface area contributed by atoms with Crippen LogP contribution in [0.25, 0.3) is 11.1 Å². The van der Waals surface area contributed by atoms with E-state index in [1.807, 2.05) is 37.3 Å². The molecule has 0 aliphatic carbocycles. The minimum atomic E-state index is -3.36. The first kappa shape index (κ1) is 24.2. The van der Waals surface area contributed by atoms with Gasteiger partial charge in [-0.15, -0.1) is 0 Å². The van der Waals surface area contributed by atoms with E-state index < -0.39 is 9.84 Å².